The molecule has 1 nitrogen and oxygen atoms in total. The predicted molar refractivity (Wildman–Crippen MR) is 269 cm³/mol. The molecule has 11 aromatic rings. The van der Waals surface area contributed by atoms with E-state index < -0.39 is 0 Å². The van der Waals surface area contributed by atoms with Crippen molar-refractivity contribution in [2.75, 3.05) is 4.90 Å². The topological polar surface area (TPSA) is 3.24 Å². The lowest BCUT2D eigenvalue weighted by atomic mass is 9.91. The van der Waals surface area contributed by atoms with Crippen LogP contribution in [0.25, 0.3) is 88.3 Å². The second kappa shape index (κ2) is 16.7. The van der Waals surface area contributed by atoms with E-state index in [1.807, 2.05) is 0 Å². The number of hydrogen-bond donors (Lipinski definition) is 0. The molecule has 0 aliphatic rings. The van der Waals surface area contributed by atoms with Crippen LogP contribution in [-0.4, -0.2) is 0 Å². The molecule has 11 aromatic carbocycles. The molecule has 0 fully saturated rings. The Bertz CT molecular complexity index is 3340. The van der Waals surface area contributed by atoms with E-state index in [9.17, 15) is 0 Å². The van der Waals surface area contributed by atoms with Gasteiger partial charge in [-0.1, -0.05) is 200 Å². The van der Waals surface area contributed by atoms with Crippen molar-refractivity contribution >= 4 is 38.6 Å². The van der Waals surface area contributed by atoms with E-state index in [-0.39, 0.29) is 0 Å². The van der Waals surface area contributed by atoms with E-state index in [0.29, 0.717) is 0 Å². The van der Waals surface area contributed by atoms with Gasteiger partial charge in [-0.15, -0.1) is 0 Å². The van der Waals surface area contributed by atoms with Crippen LogP contribution in [0.1, 0.15) is 0 Å². The molecule has 0 saturated carbocycles. The van der Waals surface area contributed by atoms with Crippen LogP contribution in [0.5, 0.6) is 0 Å². The summed E-state index contributed by atoms with van der Waals surface area (Å²) < 4.78 is 0. The van der Waals surface area contributed by atoms with Gasteiger partial charge in [0.1, 0.15) is 0 Å². The Kier molecular flexibility index (Phi) is 9.97. The van der Waals surface area contributed by atoms with E-state index >= 15 is 0 Å². The first-order chi connectivity index (χ1) is 31.2. The molecule has 0 aliphatic carbocycles. The third kappa shape index (κ3) is 7.58. The van der Waals surface area contributed by atoms with E-state index in [2.05, 4.69) is 266 Å². The van der Waals surface area contributed by atoms with Gasteiger partial charge >= 0.3 is 0 Å². The number of benzene rings is 11. The van der Waals surface area contributed by atoms with Gasteiger partial charge in [0.2, 0.25) is 0 Å². The Morgan fingerprint density at radius 2 is 0.571 bits per heavy atom. The molecule has 0 spiro atoms. The average molecular weight is 802 g/mol. The van der Waals surface area contributed by atoms with Crippen LogP contribution >= 0.6 is 0 Å². The smallest absolute Gasteiger partial charge is 0.0462 e. The van der Waals surface area contributed by atoms with Crippen LogP contribution < -0.4 is 4.90 Å². The quantitative estimate of drug-likeness (QED) is 0.141. The van der Waals surface area contributed by atoms with E-state index in [1.165, 1.54) is 88.3 Å². The molecule has 0 amide bonds. The monoisotopic (exact) mass is 801 g/mol. The van der Waals surface area contributed by atoms with Gasteiger partial charge in [0.15, 0.2) is 0 Å². The number of rotatable bonds is 9. The van der Waals surface area contributed by atoms with Crippen LogP contribution in [0, 0.1) is 0 Å². The molecule has 1 heteroatoms. The summed E-state index contributed by atoms with van der Waals surface area (Å²) in [6, 6.07) is 94.7. The highest BCUT2D eigenvalue weighted by atomic mass is 15.1. The van der Waals surface area contributed by atoms with Crippen molar-refractivity contribution in [1.29, 1.82) is 0 Å². The first kappa shape index (κ1) is 37.7. The van der Waals surface area contributed by atoms with Crippen molar-refractivity contribution in [1.82, 2.24) is 0 Å². The highest BCUT2D eigenvalue weighted by Gasteiger charge is 2.17. The van der Waals surface area contributed by atoms with Crippen molar-refractivity contribution < 1.29 is 0 Å². The van der Waals surface area contributed by atoms with Gasteiger partial charge in [0, 0.05) is 17.1 Å². The number of nitrogens with zero attached hydrogens (tertiary/aromatic N) is 1. The van der Waals surface area contributed by atoms with Crippen LogP contribution in [0.3, 0.4) is 0 Å². The maximum atomic E-state index is 2.37. The highest BCUT2D eigenvalue weighted by Crippen LogP contribution is 2.42. The molecule has 0 unspecified atom stereocenters. The maximum Gasteiger partial charge on any atom is 0.0462 e. The minimum atomic E-state index is 1.09. The zero-order chi connectivity index (χ0) is 42.0. The molecule has 0 aliphatic heterocycles. The normalized spacial score (nSPS) is 11.2. The molecular weight excluding hydrogens is 759 g/mol. The van der Waals surface area contributed by atoms with Crippen LogP contribution in [-0.2, 0) is 0 Å². The zero-order valence-electron chi connectivity index (χ0n) is 34.8. The van der Waals surface area contributed by atoms with Gasteiger partial charge in [-0.05, 0) is 149 Å². The van der Waals surface area contributed by atoms with Crippen LogP contribution in [0.4, 0.5) is 17.1 Å². The summed E-state index contributed by atoms with van der Waals surface area (Å²) in [6.45, 7) is 0. The Balaban J connectivity index is 1.01. The summed E-state index contributed by atoms with van der Waals surface area (Å²) in [4.78, 5) is 2.37. The van der Waals surface area contributed by atoms with E-state index in [1.54, 1.807) is 0 Å². The molecule has 0 aromatic heterocycles. The average Bonchev–Trinajstić information content (AvgIpc) is 3.37. The second-order valence-electron chi connectivity index (χ2n) is 16.1. The van der Waals surface area contributed by atoms with Gasteiger partial charge < -0.3 is 4.90 Å². The summed E-state index contributed by atoms with van der Waals surface area (Å²) >= 11 is 0. The number of hydrogen-bond acceptors (Lipinski definition) is 1. The predicted octanol–water partition coefficient (Wildman–Crippen LogP) is 17.5. The Labute approximate surface area is 369 Å². The standard InChI is InChI=1S/C62H43N/c1-4-14-44(15-5-1)53-32-39-60(48-19-8-3-9-20-48)61(42-53)49-28-35-57(36-29-49)63(56-33-26-47(27-34-56)52-25-24-46-18-10-11-21-51(46)40-52)58-37-30-50(31-38-58)62-43-55(45-16-6-2-7-17-45)41-54-22-12-13-23-59(54)62/h1-43H. The summed E-state index contributed by atoms with van der Waals surface area (Å²) in [5.74, 6) is 0. The molecule has 0 N–H and O–H groups in total. The fraction of sp³-hybridized carbons (Fsp3) is 0. The lowest BCUT2D eigenvalue weighted by molar-refractivity contribution is 1.28. The van der Waals surface area contributed by atoms with Gasteiger partial charge in [0.25, 0.3) is 0 Å². The number of anilines is 3. The SMILES string of the molecule is c1ccc(-c2ccc(-c3ccccc3)c(-c3ccc(N(c4ccc(-c5ccc6ccccc6c5)cc4)c4ccc(-c5cc(-c6ccccc6)cc6ccccc56)cc4)cc3)c2)cc1. The Hall–Kier alpha value is -8.26. The lowest BCUT2D eigenvalue weighted by Crippen LogP contribution is -2.09. The molecule has 0 atom stereocenters. The van der Waals surface area contributed by atoms with E-state index in [0.717, 1.165) is 17.1 Å². The molecule has 0 saturated heterocycles. The lowest BCUT2D eigenvalue weighted by Gasteiger charge is -2.26. The van der Waals surface area contributed by atoms with Crippen molar-refractivity contribution in [3.8, 4) is 66.8 Å². The van der Waals surface area contributed by atoms with E-state index in [4.69, 9.17) is 0 Å². The van der Waals surface area contributed by atoms with Crippen molar-refractivity contribution in [3.63, 3.8) is 0 Å². The highest BCUT2D eigenvalue weighted by molar-refractivity contribution is 6.00. The van der Waals surface area contributed by atoms with Crippen LogP contribution in [0.15, 0.2) is 261 Å². The van der Waals surface area contributed by atoms with Gasteiger partial charge in [-0.25, -0.2) is 0 Å². The minimum Gasteiger partial charge on any atom is -0.311 e. The van der Waals surface area contributed by atoms with Gasteiger partial charge in [-0.3, -0.25) is 0 Å². The van der Waals surface area contributed by atoms with Crippen molar-refractivity contribution in [3.05, 3.63) is 261 Å². The molecule has 296 valence electrons. The molecule has 63 heavy (non-hydrogen) atoms. The minimum absolute atomic E-state index is 1.09. The largest absolute Gasteiger partial charge is 0.311 e. The fourth-order valence-electron chi connectivity index (χ4n) is 9.01. The molecular formula is C62H43N. The molecule has 0 bridgehead atoms. The summed E-state index contributed by atoms with van der Waals surface area (Å²) in [5.41, 5.74) is 17.7. The summed E-state index contributed by atoms with van der Waals surface area (Å²) in [7, 11) is 0. The Morgan fingerprint density at radius 3 is 1.19 bits per heavy atom. The molecule has 0 heterocycles. The Morgan fingerprint density at radius 1 is 0.190 bits per heavy atom. The molecule has 11 rings (SSSR count). The first-order valence-corrected chi connectivity index (χ1v) is 21.7. The van der Waals surface area contributed by atoms with Crippen molar-refractivity contribution in [2.24, 2.45) is 0 Å². The van der Waals surface area contributed by atoms with Crippen LogP contribution in [0.2, 0.25) is 0 Å². The fourth-order valence-corrected chi connectivity index (χ4v) is 9.01. The number of fused-ring (bicyclic) bond motifs is 2. The summed E-state index contributed by atoms with van der Waals surface area (Å²) in [6.07, 6.45) is 0. The van der Waals surface area contributed by atoms with Gasteiger partial charge in [0.05, 0.1) is 0 Å². The summed E-state index contributed by atoms with van der Waals surface area (Å²) in [5, 5.41) is 4.97. The molecule has 0 radical (unpaired) electrons. The van der Waals surface area contributed by atoms with Gasteiger partial charge in [-0.2, -0.15) is 0 Å². The first-order valence-electron chi connectivity index (χ1n) is 21.7. The second-order valence-corrected chi connectivity index (χ2v) is 16.1. The third-order valence-electron chi connectivity index (χ3n) is 12.3. The maximum absolute atomic E-state index is 2.37. The third-order valence-corrected chi connectivity index (χ3v) is 12.3. The zero-order valence-corrected chi connectivity index (χ0v) is 34.8. The van der Waals surface area contributed by atoms with Crippen molar-refractivity contribution in [2.45, 2.75) is 0 Å².